The Morgan fingerprint density at radius 1 is 0.903 bits per heavy atom. The Hall–Kier alpha value is -3.60. The number of carbonyl (C=O) groups excluding carboxylic acids is 2. The molecule has 158 valence electrons. The van der Waals surface area contributed by atoms with Crippen molar-refractivity contribution in [3.05, 3.63) is 95.1 Å². The van der Waals surface area contributed by atoms with Gasteiger partial charge in [-0.05, 0) is 73.2 Å². The molecule has 2 amide bonds. The molecule has 0 aliphatic heterocycles. The van der Waals surface area contributed by atoms with E-state index < -0.39 is 0 Å². The Morgan fingerprint density at radius 3 is 2.26 bits per heavy atom. The fraction of sp³-hybridized carbons (Fsp3) is 0.231. The molecule has 5 nitrogen and oxygen atoms in total. The van der Waals surface area contributed by atoms with E-state index in [0.29, 0.717) is 22.7 Å². The lowest BCUT2D eigenvalue weighted by Gasteiger charge is -2.20. The summed E-state index contributed by atoms with van der Waals surface area (Å²) >= 11 is 0. The van der Waals surface area contributed by atoms with Crippen molar-refractivity contribution >= 4 is 17.5 Å². The number of ether oxygens (including phenoxy) is 1. The average Bonchev–Trinajstić information content (AvgIpc) is 3.64. The van der Waals surface area contributed by atoms with E-state index in [9.17, 15) is 9.59 Å². The molecule has 3 aromatic carbocycles. The first-order valence-corrected chi connectivity index (χ1v) is 10.5. The minimum absolute atomic E-state index is 0.0398. The van der Waals surface area contributed by atoms with Gasteiger partial charge in [-0.15, -0.1) is 0 Å². The molecule has 5 heteroatoms. The summed E-state index contributed by atoms with van der Waals surface area (Å²) in [4.78, 5) is 25.6. The summed E-state index contributed by atoms with van der Waals surface area (Å²) in [5.74, 6) is 0.889. The summed E-state index contributed by atoms with van der Waals surface area (Å²) < 4.78 is 5.24. The molecule has 0 radical (unpaired) electrons. The molecule has 2 N–H and O–H groups in total. The van der Waals surface area contributed by atoms with Crippen LogP contribution >= 0.6 is 0 Å². The van der Waals surface area contributed by atoms with Gasteiger partial charge in [0.05, 0.1) is 13.2 Å². The number of rotatable bonds is 7. The van der Waals surface area contributed by atoms with E-state index in [1.807, 2.05) is 55.5 Å². The number of hydrogen-bond donors (Lipinski definition) is 2. The highest BCUT2D eigenvalue weighted by atomic mass is 16.5. The van der Waals surface area contributed by atoms with E-state index in [0.717, 1.165) is 29.7 Å². The molecule has 1 atom stereocenters. The van der Waals surface area contributed by atoms with E-state index in [1.54, 1.807) is 31.4 Å². The Morgan fingerprint density at radius 2 is 1.61 bits per heavy atom. The van der Waals surface area contributed by atoms with Gasteiger partial charge in [-0.25, -0.2) is 0 Å². The maximum absolute atomic E-state index is 13.1. The van der Waals surface area contributed by atoms with E-state index >= 15 is 0 Å². The lowest BCUT2D eigenvalue weighted by Crippen LogP contribution is -2.30. The predicted octanol–water partition coefficient (Wildman–Crippen LogP) is 5.14. The molecule has 1 aliphatic rings. The van der Waals surface area contributed by atoms with Crippen LogP contribution in [0.2, 0.25) is 0 Å². The average molecular weight is 415 g/mol. The summed E-state index contributed by atoms with van der Waals surface area (Å²) in [5.41, 5.74) is 3.70. The van der Waals surface area contributed by atoms with Crippen molar-refractivity contribution in [1.29, 1.82) is 0 Å². The highest BCUT2D eigenvalue weighted by molar-refractivity contribution is 6.05. The molecule has 31 heavy (non-hydrogen) atoms. The third-order valence-electron chi connectivity index (χ3n) is 5.64. The number of aryl methyl sites for hydroxylation is 1. The molecule has 4 rings (SSSR count). The highest BCUT2D eigenvalue weighted by Gasteiger charge is 2.33. The van der Waals surface area contributed by atoms with Crippen molar-refractivity contribution in [2.45, 2.75) is 25.8 Å². The number of amides is 2. The van der Waals surface area contributed by atoms with E-state index in [2.05, 4.69) is 10.6 Å². The van der Waals surface area contributed by atoms with Crippen LogP contribution in [0.15, 0.2) is 72.8 Å². The van der Waals surface area contributed by atoms with Gasteiger partial charge in [-0.3, -0.25) is 9.59 Å². The molecular weight excluding hydrogens is 388 g/mol. The summed E-state index contributed by atoms with van der Waals surface area (Å²) in [5, 5.41) is 6.11. The molecule has 0 aromatic heterocycles. The van der Waals surface area contributed by atoms with Gasteiger partial charge in [0.25, 0.3) is 11.8 Å². The van der Waals surface area contributed by atoms with Crippen LogP contribution in [0.1, 0.15) is 50.7 Å². The van der Waals surface area contributed by atoms with Crippen LogP contribution in [-0.4, -0.2) is 18.9 Å². The largest absolute Gasteiger partial charge is 0.497 e. The molecule has 0 bridgehead atoms. The normalized spacial score (nSPS) is 13.9. The standard InChI is InChI=1S/C26H26N2O3/c1-17-8-9-21(16-23(17)27-25(29)20-6-4-3-5-7-20)26(30)28-24(18-10-11-18)19-12-14-22(31-2)15-13-19/h3-9,12-16,18,24H,10-11H2,1-2H3,(H,27,29)(H,28,30)/t24-/m1/s1. The van der Waals surface area contributed by atoms with Crippen molar-refractivity contribution in [1.82, 2.24) is 5.32 Å². The fourth-order valence-corrected chi connectivity index (χ4v) is 3.62. The van der Waals surface area contributed by atoms with Crippen molar-refractivity contribution in [3.63, 3.8) is 0 Å². The summed E-state index contributed by atoms with van der Waals surface area (Å²) in [6.07, 6.45) is 2.20. The Kier molecular flexibility index (Phi) is 6.03. The second-order valence-electron chi connectivity index (χ2n) is 7.91. The number of benzene rings is 3. The first-order chi connectivity index (χ1) is 15.0. The molecule has 0 saturated heterocycles. The van der Waals surface area contributed by atoms with E-state index in [1.165, 1.54) is 0 Å². The second kappa shape index (κ2) is 9.04. The van der Waals surface area contributed by atoms with Gasteiger partial charge >= 0.3 is 0 Å². The maximum atomic E-state index is 13.1. The maximum Gasteiger partial charge on any atom is 0.255 e. The number of hydrogen-bond acceptors (Lipinski definition) is 3. The zero-order valence-electron chi connectivity index (χ0n) is 17.7. The van der Waals surface area contributed by atoms with E-state index in [4.69, 9.17) is 4.74 Å². The molecule has 1 saturated carbocycles. The second-order valence-corrected chi connectivity index (χ2v) is 7.91. The highest BCUT2D eigenvalue weighted by Crippen LogP contribution is 2.41. The lowest BCUT2D eigenvalue weighted by molar-refractivity contribution is 0.0930. The molecule has 1 aliphatic carbocycles. The minimum Gasteiger partial charge on any atom is -0.497 e. The van der Waals surface area contributed by atoms with Crippen LogP contribution in [0, 0.1) is 12.8 Å². The van der Waals surface area contributed by atoms with Crippen LogP contribution in [0.3, 0.4) is 0 Å². The monoisotopic (exact) mass is 414 g/mol. The van der Waals surface area contributed by atoms with Crippen LogP contribution in [0.5, 0.6) is 5.75 Å². The predicted molar refractivity (Wildman–Crippen MR) is 121 cm³/mol. The minimum atomic E-state index is -0.199. The molecule has 0 spiro atoms. The summed E-state index contributed by atoms with van der Waals surface area (Å²) in [6.45, 7) is 1.91. The molecule has 0 unspecified atom stereocenters. The smallest absolute Gasteiger partial charge is 0.255 e. The number of anilines is 1. The van der Waals surface area contributed by atoms with Gasteiger partial charge in [0.2, 0.25) is 0 Å². The molecule has 3 aromatic rings. The zero-order valence-corrected chi connectivity index (χ0v) is 17.7. The fourth-order valence-electron chi connectivity index (χ4n) is 3.62. The topological polar surface area (TPSA) is 67.4 Å². The van der Waals surface area contributed by atoms with Gasteiger partial charge < -0.3 is 15.4 Å². The summed E-state index contributed by atoms with van der Waals surface area (Å²) in [7, 11) is 1.64. The third-order valence-corrected chi connectivity index (χ3v) is 5.64. The van der Waals surface area contributed by atoms with Gasteiger partial charge in [-0.1, -0.05) is 36.4 Å². The van der Waals surface area contributed by atoms with Gasteiger partial charge in [0, 0.05) is 16.8 Å². The van der Waals surface area contributed by atoms with Crippen molar-refractivity contribution in [2.24, 2.45) is 5.92 Å². The van der Waals surface area contributed by atoms with Crippen LogP contribution in [0.4, 0.5) is 5.69 Å². The summed E-state index contributed by atoms with van der Waals surface area (Å²) in [6, 6.07) is 22.2. The molecule has 0 heterocycles. The number of nitrogens with one attached hydrogen (secondary N) is 2. The van der Waals surface area contributed by atoms with E-state index in [-0.39, 0.29) is 17.9 Å². The zero-order chi connectivity index (χ0) is 21.8. The van der Waals surface area contributed by atoms with Crippen molar-refractivity contribution in [2.75, 3.05) is 12.4 Å². The van der Waals surface area contributed by atoms with Crippen LogP contribution in [-0.2, 0) is 0 Å². The Bertz CT molecular complexity index is 1070. The van der Waals surface area contributed by atoms with Gasteiger partial charge in [0.1, 0.15) is 5.75 Å². The van der Waals surface area contributed by atoms with Crippen molar-refractivity contribution < 1.29 is 14.3 Å². The van der Waals surface area contributed by atoms with Crippen LogP contribution < -0.4 is 15.4 Å². The number of carbonyl (C=O) groups is 2. The first kappa shape index (κ1) is 20.7. The molecule has 1 fully saturated rings. The SMILES string of the molecule is COc1ccc([C@H](NC(=O)c2ccc(C)c(NC(=O)c3ccccc3)c2)C2CC2)cc1. The third kappa shape index (κ3) is 4.94. The first-order valence-electron chi connectivity index (χ1n) is 10.5. The Labute approximate surface area is 182 Å². The van der Waals surface area contributed by atoms with Gasteiger partial charge in [0.15, 0.2) is 0 Å². The Balaban J connectivity index is 1.51. The number of methoxy groups -OCH3 is 1. The van der Waals surface area contributed by atoms with Crippen molar-refractivity contribution in [3.8, 4) is 5.75 Å². The molecular formula is C26H26N2O3. The lowest BCUT2D eigenvalue weighted by atomic mass is 10.0. The van der Waals surface area contributed by atoms with Crippen LogP contribution in [0.25, 0.3) is 0 Å². The quantitative estimate of drug-likeness (QED) is 0.563. The van der Waals surface area contributed by atoms with Gasteiger partial charge in [-0.2, -0.15) is 0 Å².